The molecule has 2 atom stereocenters. The molecule has 0 radical (unpaired) electrons. The predicted molar refractivity (Wildman–Crippen MR) is 59.1 cm³/mol. The van der Waals surface area contributed by atoms with E-state index >= 15 is 0 Å². The van der Waals surface area contributed by atoms with E-state index in [1.54, 1.807) is 0 Å². The lowest BCUT2D eigenvalue weighted by molar-refractivity contribution is -0.201. The van der Waals surface area contributed by atoms with E-state index in [0.717, 1.165) is 18.2 Å². The number of hydrogen-bond donors (Lipinski definition) is 0. The average Bonchev–Trinajstić information content (AvgIpc) is 2.27. The van der Waals surface area contributed by atoms with Gasteiger partial charge in [-0.05, 0) is 12.1 Å². The van der Waals surface area contributed by atoms with Crippen LogP contribution in [0, 0.1) is 0 Å². The van der Waals surface area contributed by atoms with Gasteiger partial charge in [0.15, 0.2) is 0 Å². The highest BCUT2D eigenvalue weighted by molar-refractivity contribution is 6.20. The first-order valence-electron chi connectivity index (χ1n) is 4.84. The van der Waals surface area contributed by atoms with Gasteiger partial charge >= 0.3 is 12.2 Å². The maximum absolute atomic E-state index is 12.8. The van der Waals surface area contributed by atoms with Crippen molar-refractivity contribution in [2.45, 2.75) is 23.5 Å². The Labute approximate surface area is 119 Å². The van der Waals surface area contributed by atoms with Crippen LogP contribution in [0.3, 0.4) is 0 Å². The molecule has 0 saturated heterocycles. The molecular weight excluding hydrogens is 337 g/mol. The van der Waals surface area contributed by atoms with E-state index in [0.29, 0.717) is 6.07 Å². The monoisotopic (exact) mass is 342 g/mol. The molecule has 10 heteroatoms. The Bertz CT molecular complexity index is 418. The average molecular weight is 343 g/mol. The van der Waals surface area contributed by atoms with Crippen molar-refractivity contribution in [3.63, 3.8) is 0 Å². The summed E-state index contributed by atoms with van der Waals surface area (Å²) in [5.74, 6) is -1.42. The Hall–Kier alpha value is -1.02. The molecule has 2 nitrogen and oxygen atoms in total. The molecule has 0 saturated carbocycles. The van der Waals surface area contributed by atoms with Gasteiger partial charge in [0.1, 0.15) is 11.5 Å². The molecule has 0 fully saturated rings. The topological polar surface area (TPSA) is 18.5 Å². The Balaban J connectivity index is 2.87. The lowest BCUT2D eigenvalue weighted by Gasteiger charge is -2.20. The molecule has 0 aromatic heterocycles. The van der Waals surface area contributed by atoms with Crippen LogP contribution in [0.4, 0.5) is 26.3 Å². The van der Waals surface area contributed by atoms with Crippen LogP contribution in [0.5, 0.6) is 11.5 Å². The highest BCUT2D eigenvalue weighted by atomic mass is 35.5. The molecule has 20 heavy (non-hydrogen) atoms. The second-order valence-electron chi connectivity index (χ2n) is 3.40. The van der Waals surface area contributed by atoms with Crippen molar-refractivity contribution in [1.82, 2.24) is 0 Å². The third kappa shape index (κ3) is 4.52. The van der Waals surface area contributed by atoms with Crippen LogP contribution in [0.15, 0.2) is 24.3 Å². The van der Waals surface area contributed by atoms with Crippen molar-refractivity contribution in [2.24, 2.45) is 0 Å². The smallest absolute Gasteiger partial charge is 0.429 e. The zero-order chi connectivity index (χ0) is 15.6. The lowest BCUT2D eigenvalue weighted by atomic mass is 10.3. The summed E-state index contributed by atoms with van der Waals surface area (Å²) >= 11 is 9.09. The van der Waals surface area contributed by atoms with Gasteiger partial charge in [0.05, 0.1) is 0 Å². The second-order valence-corrected chi connectivity index (χ2v) is 4.17. The van der Waals surface area contributed by atoms with Crippen LogP contribution in [-0.2, 0) is 0 Å². The van der Waals surface area contributed by atoms with Gasteiger partial charge in [0.25, 0.3) is 11.3 Å². The molecule has 0 bridgehead atoms. The first-order chi connectivity index (χ1) is 9.04. The van der Waals surface area contributed by atoms with Crippen LogP contribution in [0.25, 0.3) is 0 Å². The molecule has 114 valence electrons. The fraction of sp³-hybridized carbons (Fsp3) is 0.400. The Morgan fingerprint density at radius 2 is 1.20 bits per heavy atom. The van der Waals surface area contributed by atoms with Gasteiger partial charge in [-0.3, -0.25) is 0 Å². The Kier molecular flexibility index (Phi) is 5.26. The zero-order valence-corrected chi connectivity index (χ0v) is 10.8. The summed E-state index contributed by atoms with van der Waals surface area (Å²) in [5.41, 5.74) is -6.29. The Morgan fingerprint density at radius 3 is 1.50 bits per heavy atom. The van der Waals surface area contributed by atoms with Crippen molar-refractivity contribution >= 4 is 23.2 Å². The van der Waals surface area contributed by atoms with Gasteiger partial charge in [-0.2, -0.15) is 17.6 Å². The van der Waals surface area contributed by atoms with E-state index in [1.807, 2.05) is 0 Å². The summed E-state index contributed by atoms with van der Waals surface area (Å²) in [7, 11) is 0. The van der Waals surface area contributed by atoms with Crippen molar-refractivity contribution < 1.29 is 35.8 Å². The largest absolute Gasteiger partial charge is 0.444 e. The van der Waals surface area contributed by atoms with Crippen LogP contribution in [0.2, 0.25) is 0 Å². The number of hydrogen-bond acceptors (Lipinski definition) is 2. The van der Waals surface area contributed by atoms with E-state index in [9.17, 15) is 26.3 Å². The number of benzene rings is 1. The minimum absolute atomic E-state index is 0.570. The third-order valence-corrected chi connectivity index (χ3v) is 2.33. The molecule has 0 aliphatic heterocycles. The Morgan fingerprint density at radius 1 is 0.850 bits per heavy atom. The summed E-state index contributed by atoms with van der Waals surface area (Å²) < 4.78 is 83.7. The zero-order valence-electron chi connectivity index (χ0n) is 9.30. The summed E-state index contributed by atoms with van der Waals surface area (Å²) in [4.78, 5) is 0. The standard InChI is InChI=1S/C10H6Cl2F6O2/c11-7(13)9(15,16)19-5-2-1-3-6(4-5)20-10(17,18)8(12)14/h1-4,7-8H. The van der Waals surface area contributed by atoms with Crippen molar-refractivity contribution in [2.75, 3.05) is 0 Å². The van der Waals surface area contributed by atoms with Crippen LogP contribution >= 0.6 is 23.2 Å². The van der Waals surface area contributed by atoms with Gasteiger partial charge < -0.3 is 9.47 Å². The van der Waals surface area contributed by atoms with Gasteiger partial charge in [-0.1, -0.05) is 29.3 Å². The minimum Gasteiger partial charge on any atom is -0.429 e. The quantitative estimate of drug-likeness (QED) is 0.551. The fourth-order valence-corrected chi connectivity index (χ4v) is 1.09. The molecular formula is C10H6Cl2F6O2. The molecule has 1 rings (SSSR count). The van der Waals surface area contributed by atoms with Gasteiger partial charge in [0, 0.05) is 6.07 Å². The summed E-state index contributed by atoms with van der Waals surface area (Å²) in [6, 6.07) is 3.37. The predicted octanol–water partition coefficient (Wildman–Crippen LogP) is 4.70. The number of halogens is 8. The fourth-order valence-electron chi connectivity index (χ4n) is 1.00. The summed E-state index contributed by atoms with van der Waals surface area (Å²) in [5, 5.41) is 0. The van der Waals surface area contributed by atoms with E-state index in [4.69, 9.17) is 0 Å². The molecule has 0 spiro atoms. The number of rotatable bonds is 6. The molecule has 0 amide bonds. The normalized spacial score (nSPS) is 15.6. The molecule has 2 unspecified atom stereocenters. The number of alkyl halides is 8. The van der Waals surface area contributed by atoms with Crippen molar-refractivity contribution in [1.29, 1.82) is 0 Å². The van der Waals surface area contributed by atoms with Gasteiger partial charge in [-0.15, -0.1) is 0 Å². The second kappa shape index (κ2) is 6.17. The first-order valence-corrected chi connectivity index (χ1v) is 5.72. The van der Waals surface area contributed by atoms with Crippen molar-refractivity contribution in [3.05, 3.63) is 24.3 Å². The maximum Gasteiger partial charge on any atom is 0.444 e. The molecule has 1 aromatic carbocycles. The van der Waals surface area contributed by atoms with E-state index < -0.39 is 35.0 Å². The molecule has 0 aliphatic rings. The lowest BCUT2D eigenvalue weighted by Crippen LogP contribution is -2.33. The SMILES string of the molecule is FC(Cl)C(F)(F)Oc1cccc(OC(F)(F)C(F)Cl)c1. The van der Waals surface area contributed by atoms with Crippen molar-refractivity contribution in [3.8, 4) is 11.5 Å². The first kappa shape index (κ1) is 17.0. The highest BCUT2D eigenvalue weighted by Crippen LogP contribution is 2.33. The van der Waals surface area contributed by atoms with E-state index in [-0.39, 0.29) is 0 Å². The minimum atomic E-state index is -4.38. The van der Waals surface area contributed by atoms with E-state index in [1.165, 1.54) is 0 Å². The van der Waals surface area contributed by atoms with Gasteiger partial charge in [-0.25, -0.2) is 8.78 Å². The molecule has 1 aromatic rings. The molecule has 0 N–H and O–H groups in total. The van der Waals surface area contributed by atoms with E-state index in [2.05, 4.69) is 32.7 Å². The van der Waals surface area contributed by atoms with Crippen LogP contribution in [-0.4, -0.2) is 23.5 Å². The maximum atomic E-state index is 12.8. The van der Waals surface area contributed by atoms with Crippen LogP contribution < -0.4 is 9.47 Å². The third-order valence-electron chi connectivity index (χ3n) is 1.82. The number of ether oxygens (including phenoxy) is 2. The summed E-state index contributed by atoms with van der Waals surface area (Å²) in [6.45, 7) is 0. The van der Waals surface area contributed by atoms with Crippen LogP contribution in [0.1, 0.15) is 0 Å². The molecule has 0 heterocycles. The molecule has 0 aliphatic carbocycles. The van der Waals surface area contributed by atoms with Gasteiger partial charge in [0.2, 0.25) is 0 Å². The highest BCUT2D eigenvalue weighted by Gasteiger charge is 2.43. The summed E-state index contributed by atoms with van der Waals surface area (Å²) in [6.07, 6.45) is -8.75.